The molecule has 1 N–H and O–H groups in total. The van der Waals surface area contributed by atoms with Crippen LogP contribution in [0.3, 0.4) is 0 Å². The topological polar surface area (TPSA) is 12.0 Å². The Morgan fingerprint density at radius 2 is 1.85 bits per heavy atom. The first kappa shape index (κ1) is 12.3. The van der Waals surface area contributed by atoms with Gasteiger partial charge in [-0.1, -0.05) is 32.1 Å². The Hall–Kier alpha value is -0.720. The Morgan fingerprint density at radius 1 is 1.23 bits per heavy atom. The molecule has 0 aliphatic heterocycles. The highest BCUT2D eigenvalue weighted by Gasteiger charge is 2.00. The fourth-order valence-corrected chi connectivity index (χ4v) is 1.12. The number of hydrogen-bond donors (Lipinski definition) is 1. The molecule has 0 aliphatic carbocycles. The molecular weight excluding hydrogens is 158 g/mol. The van der Waals surface area contributed by atoms with E-state index in [2.05, 4.69) is 32.3 Å². The molecule has 1 heteroatoms. The van der Waals surface area contributed by atoms with Gasteiger partial charge in [0.05, 0.1) is 0 Å². The van der Waals surface area contributed by atoms with Gasteiger partial charge in [-0.15, -0.1) is 0 Å². The van der Waals surface area contributed by atoms with Gasteiger partial charge in [0.2, 0.25) is 0 Å². The molecule has 0 saturated heterocycles. The van der Waals surface area contributed by atoms with E-state index in [1.165, 1.54) is 24.8 Å². The van der Waals surface area contributed by atoms with Gasteiger partial charge in [0, 0.05) is 12.2 Å². The number of allylic oxidation sites excluding steroid dienone is 2. The second-order valence-corrected chi connectivity index (χ2v) is 3.95. The van der Waals surface area contributed by atoms with Crippen LogP contribution in [0.2, 0.25) is 0 Å². The van der Waals surface area contributed by atoms with Crippen LogP contribution in [0.1, 0.15) is 40.0 Å². The largest absolute Gasteiger partial charge is 0.389 e. The molecule has 0 aliphatic rings. The quantitative estimate of drug-likeness (QED) is 0.468. The lowest BCUT2D eigenvalue weighted by molar-refractivity contribution is 0.550. The molecule has 1 unspecified atom stereocenters. The Morgan fingerprint density at radius 3 is 2.31 bits per heavy atom. The van der Waals surface area contributed by atoms with Crippen molar-refractivity contribution in [2.75, 3.05) is 6.54 Å². The third-order valence-corrected chi connectivity index (χ3v) is 2.33. The average molecular weight is 181 g/mol. The van der Waals surface area contributed by atoms with Crippen LogP contribution in [-0.4, -0.2) is 6.54 Å². The first-order valence-electron chi connectivity index (χ1n) is 5.08. The van der Waals surface area contributed by atoms with Crippen LogP contribution in [0, 0.1) is 5.92 Å². The van der Waals surface area contributed by atoms with Crippen LogP contribution in [0.25, 0.3) is 0 Å². The maximum Gasteiger partial charge on any atom is 0.0143 e. The summed E-state index contributed by atoms with van der Waals surface area (Å²) in [7, 11) is 0. The van der Waals surface area contributed by atoms with Gasteiger partial charge in [-0.3, -0.25) is 0 Å². The van der Waals surface area contributed by atoms with E-state index in [1.807, 2.05) is 6.92 Å². The highest BCUT2D eigenvalue weighted by atomic mass is 14.9. The zero-order chi connectivity index (χ0) is 10.3. The van der Waals surface area contributed by atoms with E-state index in [0.29, 0.717) is 5.92 Å². The fourth-order valence-electron chi connectivity index (χ4n) is 1.12. The van der Waals surface area contributed by atoms with Crippen molar-refractivity contribution < 1.29 is 0 Å². The van der Waals surface area contributed by atoms with Gasteiger partial charge in [-0.25, -0.2) is 0 Å². The molecule has 0 aromatic heterocycles. The zero-order valence-electron chi connectivity index (χ0n) is 9.32. The predicted molar refractivity (Wildman–Crippen MR) is 60.6 cm³/mol. The number of unbranched alkanes of at least 4 members (excludes halogenated alkanes) is 1. The molecule has 0 radical (unpaired) electrons. The minimum atomic E-state index is 0.671. The Bertz CT molecular complexity index is 170. The SMILES string of the molecule is C=C(C)NCCCCC(C)C(=C)C. The summed E-state index contributed by atoms with van der Waals surface area (Å²) in [6.07, 6.45) is 3.76. The van der Waals surface area contributed by atoms with E-state index in [-0.39, 0.29) is 0 Å². The zero-order valence-corrected chi connectivity index (χ0v) is 9.32. The van der Waals surface area contributed by atoms with Crippen LogP contribution in [0.4, 0.5) is 0 Å². The molecule has 1 atom stereocenters. The van der Waals surface area contributed by atoms with Crippen LogP contribution in [0.5, 0.6) is 0 Å². The van der Waals surface area contributed by atoms with E-state index >= 15 is 0 Å². The average Bonchev–Trinajstić information content (AvgIpc) is 2.02. The van der Waals surface area contributed by atoms with Gasteiger partial charge in [-0.05, 0) is 32.6 Å². The number of nitrogens with one attached hydrogen (secondary N) is 1. The molecule has 0 fully saturated rings. The van der Waals surface area contributed by atoms with Crippen LogP contribution in [0.15, 0.2) is 24.4 Å². The lowest BCUT2D eigenvalue weighted by atomic mass is 9.98. The van der Waals surface area contributed by atoms with E-state index in [9.17, 15) is 0 Å². The van der Waals surface area contributed by atoms with Crippen molar-refractivity contribution in [2.45, 2.75) is 40.0 Å². The maximum absolute atomic E-state index is 3.95. The van der Waals surface area contributed by atoms with Crippen molar-refractivity contribution in [3.8, 4) is 0 Å². The van der Waals surface area contributed by atoms with E-state index < -0.39 is 0 Å². The summed E-state index contributed by atoms with van der Waals surface area (Å²) in [6.45, 7) is 15.1. The lowest BCUT2D eigenvalue weighted by Crippen LogP contribution is -2.11. The molecule has 0 aromatic carbocycles. The van der Waals surface area contributed by atoms with E-state index in [0.717, 1.165) is 12.2 Å². The number of hydrogen-bond acceptors (Lipinski definition) is 1. The number of rotatable bonds is 7. The summed E-state index contributed by atoms with van der Waals surface area (Å²) < 4.78 is 0. The summed E-state index contributed by atoms with van der Waals surface area (Å²) in [5.41, 5.74) is 2.36. The van der Waals surface area contributed by atoms with Gasteiger partial charge < -0.3 is 5.32 Å². The molecule has 0 rings (SSSR count). The predicted octanol–water partition coefficient (Wildman–Crippen LogP) is 3.49. The van der Waals surface area contributed by atoms with Gasteiger partial charge in [0.15, 0.2) is 0 Å². The van der Waals surface area contributed by atoms with Gasteiger partial charge in [0.25, 0.3) is 0 Å². The third-order valence-electron chi connectivity index (χ3n) is 2.33. The summed E-state index contributed by atoms with van der Waals surface area (Å²) in [4.78, 5) is 0. The van der Waals surface area contributed by atoms with Crippen molar-refractivity contribution in [2.24, 2.45) is 5.92 Å². The molecule has 0 amide bonds. The standard InChI is InChI=1S/C12H23N/c1-10(2)12(5)8-6-7-9-13-11(3)4/h12-13H,1,3,6-9H2,2,4-5H3. The van der Waals surface area contributed by atoms with Crippen molar-refractivity contribution in [1.82, 2.24) is 5.32 Å². The third kappa shape index (κ3) is 7.63. The summed E-state index contributed by atoms with van der Waals surface area (Å²) in [5.74, 6) is 0.671. The highest BCUT2D eigenvalue weighted by Crippen LogP contribution is 2.14. The smallest absolute Gasteiger partial charge is 0.0143 e. The van der Waals surface area contributed by atoms with Gasteiger partial charge in [0.1, 0.15) is 0 Å². The Labute approximate surface area is 82.9 Å². The molecule has 0 spiro atoms. The van der Waals surface area contributed by atoms with E-state index in [1.54, 1.807) is 0 Å². The normalized spacial score (nSPS) is 12.2. The van der Waals surface area contributed by atoms with Crippen molar-refractivity contribution in [3.05, 3.63) is 24.4 Å². The van der Waals surface area contributed by atoms with Gasteiger partial charge in [-0.2, -0.15) is 0 Å². The molecule has 1 nitrogen and oxygen atoms in total. The van der Waals surface area contributed by atoms with Crippen LogP contribution >= 0.6 is 0 Å². The fraction of sp³-hybridized carbons (Fsp3) is 0.667. The Kier molecular flexibility index (Phi) is 6.38. The Balaban J connectivity index is 3.26. The molecule has 0 heterocycles. The minimum absolute atomic E-state index is 0.671. The molecular formula is C12H23N. The monoisotopic (exact) mass is 181 g/mol. The van der Waals surface area contributed by atoms with Crippen molar-refractivity contribution in [3.63, 3.8) is 0 Å². The molecule has 0 aromatic rings. The van der Waals surface area contributed by atoms with Crippen LogP contribution in [-0.2, 0) is 0 Å². The van der Waals surface area contributed by atoms with E-state index in [4.69, 9.17) is 0 Å². The first-order valence-corrected chi connectivity index (χ1v) is 5.08. The summed E-state index contributed by atoms with van der Waals surface area (Å²) >= 11 is 0. The highest BCUT2D eigenvalue weighted by molar-refractivity contribution is 4.93. The molecule has 0 saturated carbocycles. The molecule has 0 bridgehead atoms. The van der Waals surface area contributed by atoms with Crippen molar-refractivity contribution >= 4 is 0 Å². The second kappa shape index (κ2) is 6.76. The minimum Gasteiger partial charge on any atom is -0.389 e. The summed E-state index contributed by atoms with van der Waals surface area (Å²) in [5, 5.41) is 3.23. The van der Waals surface area contributed by atoms with Gasteiger partial charge >= 0.3 is 0 Å². The van der Waals surface area contributed by atoms with Crippen LogP contribution < -0.4 is 5.32 Å². The second-order valence-electron chi connectivity index (χ2n) is 3.95. The summed E-state index contributed by atoms with van der Waals surface area (Å²) in [6, 6.07) is 0. The molecule has 76 valence electrons. The maximum atomic E-state index is 3.95. The van der Waals surface area contributed by atoms with Crippen molar-refractivity contribution in [1.29, 1.82) is 0 Å². The molecule has 13 heavy (non-hydrogen) atoms. The first-order chi connectivity index (χ1) is 6.04. The lowest BCUT2D eigenvalue weighted by Gasteiger charge is -2.10.